The van der Waals surface area contributed by atoms with Gasteiger partial charge >= 0.3 is 0 Å². The molecule has 0 atom stereocenters. The van der Waals surface area contributed by atoms with Crippen molar-refractivity contribution in [3.63, 3.8) is 0 Å². The number of aromatic amines is 1. The average Bonchev–Trinajstić information content (AvgIpc) is 3.03. The summed E-state index contributed by atoms with van der Waals surface area (Å²) < 4.78 is 0. The Labute approximate surface area is 139 Å². The average molecular weight is 318 g/mol. The van der Waals surface area contributed by atoms with Crippen LogP contribution in [0.25, 0.3) is 21.8 Å². The van der Waals surface area contributed by atoms with Crippen LogP contribution in [0.15, 0.2) is 42.7 Å². The van der Waals surface area contributed by atoms with Crippen molar-refractivity contribution in [3.8, 4) is 0 Å². The fraction of sp³-hybridized carbons (Fsp3) is 0.167. The van der Waals surface area contributed by atoms with Crippen LogP contribution in [0.4, 0.5) is 17.3 Å². The van der Waals surface area contributed by atoms with Crippen molar-refractivity contribution in [3.05, 3.63) is 48.3 Å². The summed E-state index contributed by atoms with van der Waals surface area (Å²) in [6.45, 7) is 2.09. The highest BCUT2D eigenvalue weighted by molar-refractivity contribution is 5.87. The van der Waals surface area contributed by atoms with Crippen molar-refractivity contribution in [2.75, 3.05) is 24.3 Å². The number of hydrogen-bond donors (Lipinski definition) is 2. The minimum absolute atomic E-state index is 0.584. The van der Waals surface area contributed by atoms with Crippen LogP contribution < -0.4 is 10.2 Å². The first-order valence-corrected chi connectivity index (χ1v) is 7.75. The lowest BCUT2D eigenvalue weighted by Gasteiger charge is -2.17. The Morgan fingerprint density at radius 1 is 1.04 bits per heavy atom. The monoisotopic (exact) mass is 318 g/mol. The lowest BCUT2D eigenvalue weighted by Crippen LogP contribution is -2.10. The van der Waals surface area contributed by atoms with Gasteiger partial charge in [-0.2, -0.15) is 5.10 Å². The minimum Gasteiger partial charge on any atom is -0.377 e. The highest BCUT2D eigenvalue weighted by Crippen LogP contribution is 2.27. The van der Waals surface area contributed by atoms with Crippen LogP contribution in [0.2, 0.25) is 0 Å². The Bertz CT molecular complexity index is 1030. The summed E-state index contributed by atoms with van der Waals surface area (Å²) in [5.41, 5.74) is 5.17. The summed E-state index contributed by atoms with van der Waals surface area (Å²) >= 11 is 0. The number of nitrogens with zero attached hydrogens (tertiary/aromatic N) is 4. The number of fused-ring (bicyclic) bond motifs is 2. The molecule has 0 saturated heterocycles. The Hall–Kier alpha value is -3.15. The number of aromatic nitrogens is 4. The van der Waals surface area contributed by atoms with Gasteiger partial charge in [-0.3, -0.25) is 5.10 Å². The van der Waals surface area contributed by atoms with Gasteiger partial charge in [-0.25, -0.2) is 9.97 Å². The molecule has 4 rings (SSSR count). The molecule has 0 bridgehead atoms. The smallest absolute Gasteiger partial charge is 0.227 e. The second-order valence-corrected chi connectivity index (χ2v) is 6.03. The summed E-state index contributed by atoms with van der Waals surface area (Å²) in [7, 11) is 4.07. The van der Waals surface area contributed by atoms with Gasteiger partial charge < -0.3 is 10.2 Å². The minimum atomic E-state index is 0.584. The molecule has 0 aliphatic heterocycles. The van der Waals surface area contributed by atoms with E-state index in [2.05, 4.69) is 44.5 Å². The number of H-pyrrole nitrogens is 1. The molecule has 120 valence electrons. The second-order valence-electron chi connectivity index (χ2n) is 6.03. The summed E-state index contributed by atoms with van der Waals surface area (Å²) in [5, 5.41) is 12.4. The molecular formula is C18H18N6. The summed E-state index contributed by atoms with van der Waals surface area (Å²) in [6.07, 6.45) is 3.66. The molecule has 2 N–H and O–H groups in total. The molecule has 0 saturated carbocycles. The standard InChI is InChI=1S/C18H18N6/c1-11-16(24(2)3)7-5-13-9-19-18(22-17(11)13)21-14-6-4-12-10-20-23-15(12)8-14/h4-10H,1-3H3,(H,20,23)(H,19,21,22). The van der Waals surface area contributed by atoms with Crippen LogP contribution >= 0.6 is 0 Å². The molecule has 6 heteroatoms. The van der Waals surface area contributed by atoms with Gasteiger partial charge in [0.2, 0.25) is 5.95 Å². The SMILES string of the molecule is Cc1c(N(C)C)ccc2cnc(Nc3ccc4cn[nH]c4c3)nc12. The molecular weight excluding hydrogens is 300 g/mol. The Morgan fingerprint density at radius 2 is 1.88 bits per heavy atom. The Morgan fingerprint density at radius 3 is 2.71 bits per heavy atom. The molecule has 0 aliphatic carbocycles. The van der Waals surface area contributed by atoms with E-state index in [1.165, 1.54) is 0 Å². The number of anilines is 3. The van der Waals surface area contributed by atoms with E-state index in [4.69, 9.17) is 4.98 Å². The fourth-order valence-corrected chi connectivity index (χ4v) is 2.92. The number of hydrogen-bond acceptors (Lipinski definition) is 5. The molecule has 6 nitrogen and oxygen atoms in total. The van der Waals surface area contributed by atoms with Gasteiger partial charge in [0.15, 0.2) is 0 Å². The van der Waals surface area contributed by atoms with Crippen molar-refractivity contribution in [2.45, 2.75) is 6.92 Å². The molecule has 2 aromatic carbocycles. The van der Waals surface area contributed by atoms with Crippen LogP contribution in [0.3, 0.4) is 0 Å². The van der Waals surface area contributed by atoms with Gasteiger partial charge in [-0.1, -0.05) is 0 Å². The molecule has 24 heavy (non-hydrogen) atoms. The largest absolute Gasteiger partial charge is 0.377 e. The van der Waals surface area contributed by atoms with Crippen LogP contribution in [0, 0.1) is 6.92 Å². The molecule has 2 aromatic heterocycles. The third-order valence-electron chi connectivity index (χ3n) is 4.16. The van der Waals surface area contributed by atoms with E-state index >= 15 is 0 Å². The predicted octanol–water partition coefficient (Wildman–Crippen LogP) is 3.62. The number of aryl methyl sites for hydroxylation is 1. The third-order valence-corrected chi connectivity index (χ3v) is 4.16. The zero-order valence-electron chi connectivity index (χ0n) is 13.8. The van der Waals surface area contributed by atoms with Gasteiger partial charge in [-0.15, -0.1) is 0 Å². The van der Waals surface area contributed by atoms with E-state index in [0.29, 0.717) is 5.95 Å². The maximum absolute atomic E-state index is 4.71. The maximum atomic E-state index is 4.71. The molecule has 4 aromatic rings. The number of benzene rings is 2. The highest BCUT2D eigenvalue weighted by Gasteiger charge is 2.09. The lowest BCUT2D eigenvalue weighted by atomic mass is 10.1. The second kappa shape index (κ2) is 5.49. The molecule has 0 amide bonds. The predicted molar refractivity (Wildman–Crippen MR) is 98.0 cm³/mol. The van der Waals surface area contributed by atoms with Crippen molar-refractivity contribution < 1.29 is 0 Å². The Balaban J connectivity index is 1.74. The molecule has 0 aliphatic rings. The molecule has 0 unspecified atom stereocenters. The first kappa shape index (κ1) is 14.4. The van der Waals surface area contributed by atoms with Crippen LogP contribution in [-0.4, -0.2) is 34.3 Å². The molecule has 0 radical (unpaired) electrons. The van der Waals surface area contributed by atoms with Crippen LogP contribution in [0.5, 0.6) is 0 Å². The summed E-state index contributed by atoms with van der Waals surface area (Å²) in [6, 6.07) is 10.2. The van der Waals surface area contributed by atoms with Crippen LogP contribution in [0.1, 0.15) is 5.56 Å². The lowest BCUT2D eigenvalue weighted by molar-refractivity contribution is 1.11. The summed E-state index contributed by atoms with van der Waals surface area (Å²) in [5.74, 6) is 0.584. The van der Waals surface area contributed by atoms with E-state index in [0.717, 1.165) is 38.7 Å². The Kier molecular flexibility index (Phi) is 3.30. The van der Waals surface area contributed by atoms with E-state index in [-0.39, 0.29) is 0 Å². The van der Waals surface area contributed by atoms with Gasteiger partial charge in [0.05, 0.1) is 17.2 Å². The third kappa shape index (κ3) is 2.42. The van der Waals surface area contributed by atoms with Crippen molar-refractivity contribution >= 4 is 39.1 Å². The molecule has 0 spiro atoms. The van der Waals surface area contributed by atoms with E-state index in [1.807, 2.05) is 38.5 Å². The van der Waals surface area contributed by atoms with Gasteiger partial charge in [0, 0.05) is 42.4 Å². The van der Waals surface area contributed by atoms with E-state index in [9.17, 15) is 0 Å². The fourth-order valence-electron chi connectivity index (χ4n) is 2.92. The zero-order chi connectivity index (χ0) is 16.7. The normalized spacial score (nSPS) is 11.1. The van der Waals surface area contributed by atoms with Crippen molar-refractivity contribution in [2.24, 2.45) is 0 Å². The maximum Gasteiger partial charge on any atom is 0.227 e. The number of rotatable bonds is 3. The first-order valence-electron chi connectivity index (χ1n) is 7.75. The highest BCUT2D eigenvalue weighted by atomic mass is 15.1. The zero-order valence-corrected chi connectivity index (χ0v) is 13.8. The van der Waals surface area contributed by atoms with Gasteiger partial charge in [-0.05, 0) is 42.8 Å². The summed E-state index contributed by atoms with van der Waals surface area (Å²) in [4.78, 5) is 11.2. The van der Waals surface area contributed by atoms with Crippen LogP contribution in [-0.2, 0) is 0 Å². The van der Waals surface area contributed by atoms with Gasteiger partial charge in [0.25, 0.3) is 0 Å². The van der Waals surface area contributed by atoms with Crippen molar-refractivity contribution in [1.82, 2.24) is 20.2 Å². The van der Waals surface area contributed by atoms with Crippen molar-refractivity contribution in [1.29, 1.82) is 0 Å². The van der Waals surface area contributed by atoms with Gasteiger partial charge in [0.1, 0.15) is 0 Å². The van der Waals surface area contributed by atoms with E-state index in [1.54, 1.807) is 6.20 Å². The van der Waals surface area contributed by atoms with E-state index < -0.39 is 0 Å². The topological polar surface area (TPSA) is 69.7 Å². The molecule has 0 fully saturated rings. The quantitative estimate of drug-likeness (QED) is 0.604. The number of nitrogens with one attached hydrogen (secondary N) is 2. The first-order chi connectivity index (χ1) is 11.6. The molecule has 2 heterocycles.